The van der Waals surface area contributed by atoms with Crippen molar-refractivity contribution in [3.63, 3.8) is 0 Å². The first kappa shape index (κ1) is 62.3. The molecule has 0 spiro atoms. The van der Waals surface area contributed by atoms with Crippen molar-refractivity contribution in [2.24, 2.45) is 0 Å². The molecule has 374 valence electrons. The molecule has 10 atom stereocenters. The number of esters is 8. The van der Waals surface area contributed by atoms with Crippen LogP contribution >= 0.6 is 0 Å². The molecule has 2 heterocycles. The molecule has 2 aliphatic rings. The van der Waals surface area contributed by atoms with Gasteiger partial charge in [0.25, 0.3) is 0 Å². The number of cyclic esters (lactones) is 2. The monoisotopic (exact) mass is 946 g/mol. The number of carbonyl (C=O) groups is 8. The second-order valence-corrected chi connectivity index (χ2v) is 14.6. The van der Waals surface area contributed by atoms with Crippen LogP contribution in [0.4, 0.5) is 0 Å². The molecule has 0 aromatic heterocycles. The molecule has 2 aliphatic heterocycles. The largest absolute Gasteiger partial charge is 0.459 e. The molecule has 0 bridgehead atoms. The lowest BCUT2D eigenvalue weighted by Gasteiger charge is -2.28. The summed E-state index contributed by atoms with van der Waals surface area (Å²) in [7, 11) is 0. The summed E-state index contributed by atoms with van der Waals surface area (Å²) in [6.07, 6.45) is -9.18. The van der Waals surface area contributed by atoms with Crippen LogP contribution in [0.15, 0.2) is 60.8 Å². The highest BCUT2D eigenvalue weighted by Crippen LogP contribution is 2.17. The second kappa shape index (κ2) is 32.0. The SMILES string of the molecule is C=C(C)C(=O)OC(C)C(OC(=O)C(=C)C)OC(C)C(=O)OCOC(=O)C(C)OC(OC(=O)C(=C)C)C(C)OC(C)C(=C)C.C=C(C)C(=O)OC[C@@H]1CO1.CC1OC(=O)C(C)OC1=O.OCO. The molecule has 0 aliphatic carbocycles. The predicted molar refractivity (Wildman–Crippen MR) is 229 cm³/mol. The Morgan fingerprint density at radius 2 is 0.924 bits per heavy atom. The van der Waals surface area contributed by atoms with Gasteiger partial charge >= 0.3 is 47.8 Å². The minimum absolute atomic E-state index is 0.0356. The number of ether oxygens (including phenoxy) is 12. The van der Waals surface area contributed by atoms with Gasteiger partial charge in [-0.25, -0.2) is 38.4 Å². The number of rotatable bonds is 22. The Balaban J connectivity index is 0. The van der Waals surface area contributed by atoms with Crippen LogP contribution in [-0.2, 0) is 95.2 Å². The van der Waals surface area contributed by atoms with E-state index in [0.717, 1.165) is 0 Å². The smallest absolute Gasteiger partial charge is 0.347 e. The van der Waals surface area contributed by atoms with Gasteiger partial charge in [0.15, 0.2) is 30.5 Å². The molecule has 2 saturated heterocycles. The van der Waals surface area contributed by atoms with E-state index in [1.807, 2.05) is 0 Å². The number of carbonyl (C=O) groups excluding carboxylic acids is 8. The van der Waals surface area contributed by atoms with Gasteiger partial charge in [-0.2, -0.15) is 0 Å². The fourth-order valence-corrected chi connectivity index (χ4v) is 3.69. The van der Waals surface area contributed by atoms with E-state index in [1.165, 1.54) is 55.4 Å². The Labute approximate surface area is 384 Å². The fourth-order valence-electron chi connectivity index (χ4n) is 3.69. The van der Waals surface area contributed by atoms with Crippen molar-refractivity contribution in [2.45, 2.75) is 144 Å². The summed E-state index contributed by atoms with van der Waals surface area (Å²) in [5.74, 6) is -5.63. The van der Waals surface area contributed by atoms with Crippen LogP contribution in [0.2, 0.25) is 0 Å². The van der Waals surface area contributed by atoms with Gasteiger partial charge in [-0.1, -0.05) is 38.5 Å². The maximum Gasteiger partial charge on any atom is 0.347 e. The number of epoxide rings is 1. The summed E-state index contributed by atoms with van der Waals surface area (Å²) in [6.45, 7) is 35.1. The second-order valence-electron chi connectivity index (χ2n) is 14.6. The van der Waals surface area contributed by atoms with Crippen LogP contribution in [0.25, 0.3) is 0 Å². The summed E-state index contributed by atoms with van der Waals surface area (Å²) in [5.41, 5.74) is 1.38. The first-order valence-electron chi connectivity index (χ1n) is 20.1. The lowest BCUT2D eigenvalue weighted by Crippen LogP contribution is -2.41. The molecule has 0 radical (unpaired) electrons. The third kappa shape index (κ3) is 26.9. The molecule has 22 nitrogen and oxygen atoms in total. The van der Waals surface area contributed by atoms with Gasteiger partial charge in [0.1, 0.15) is 25.6 Å². The van der Waals surface area contributed by atoms with E-state index in [0.29, 0.717) is 24.4 Å². The van der Waals surface area contributed by atoms with E-state index in [-0.39, 0.29) is 28.8 Å². The van der Waals surface area contributed by atoms with Gasteiger partial charge in [-0.05, 0) is 83.1 Å². The molecule has 66 heavy (non-hydrogen) atoms. The van der Waals surface area contributed by atoms with Gasteiger partial charge in [0, 0.05) is 22.3 Å². The highest BCUT2D eigenvalue weighted by Gasteiger charge is 2.34. The summed E-state index contributed by atoms with van der Waals surface area (Å²) in [5, 5.41) is 14.2. The van der Waals surface area contributed by atoms with Crippen molar-refractivity contribution in [3.05, 3.63) is 60.8 Å². The molecular formula is C44H66O22. The normalized spacial score (nSPS) is 18.8. The van der Waals surface area contributed by atoms with Crippen LogP contribution in [0.3, 0.4) is 0 Å². The minimum Gasteiger partial charge on any atom is -0.459 e. The Kier molecular flexibility index (Phi) is 30.2. The number of hydrogen-bond donors (Lipinski definition) is 2. The lowest BCUT2D eigenvalue weighted by molar-refractivity contribution is -0.231. The van der Waals surface area contributed by atoms with Crippen LogP contribution < -0.4 is 0 Å². The lowest BCUT2D eigenvalue weighted by atomic mass is 10.2. The Bertz CT molecular complexity index is 1710. The van der Waals surface area contributed by atoms with E-state index in [9.17, 15) is 38.4 Å². The standard InChI is InChI=1S/C30H44O13.C7H10O3.C6H8O4.CH4O2/c1-15(2)19(9)38-22(12)29(42-25(32)17(5)6)40-20(10)27(34)36-14-37-28(35)21(11)41-30(43-26(33)18(7)8)23(13)39-24(31)16(3)4;1-5(2)7(8)10-4-6-3-9-6;1-3-5(7)10-4(2)6(8)9-3;2-1-3/h19-23,29-30H,1,3,5,7,14H2,2,4,6,8-13H3;6H,1,3-4H2,2H3;3-4H,1-2H3;2-3H,1H2/t;6-;;/m.0../s1. The third-order valence-electron chi connectivity index (χ3n) is 7.81. The van der Waals surface area contributed by atoms with Crippen LogP contribution in [0.5, 0.6) is 0 Å². The summed E-state index contributed by atoms with van der Waals surface area (Å²) >= 11 is 0. The zero-order valence-electron chi connectivity index (χ0n) is 39.7. The molecule has 2 fully saturated rings. The Hall–Kier alpha value is -5.78. The highest BCUT2D eigenvalue weighted by atomic mass is 16.8. The van der Waals surface area contributed by atoms with E-state index in [2.05, 4.69) is 42.4 Å². The summed E-state index contributed by atoms with van der Waals surface area (Å²) < 4.78 is 61.0. The summed E-state index contributed by atoms with van der Waals surface area (Å²) in [6, 6.07) is 0. The summed E-state index contributed by atoms with van der Waals surface area (Å²) in [4.78, 5) is 93.0. The first-order valence-corrected chi connectivity index (χ1v) is 20.1. The Morgan fingerprint density at radius 1 is 0.576 bits per heavy atom. The zero-order valence-corrected chi connectivity index (χ0v) is 39.7. The molecule has 9 unspecified atom stereocenters. The van der Waals surface area contributed by atoms with Gasteiger partial charge in [0.2, 0.25) is 19.4 Å². The zero-order chi connectivity index (χ0) is 51.6. The fraction of sp³-hybridized carbons (Fsp3) is 0.591. The van der Waals surface area contributed by atoms with Gasteiger partial charge in [0.05, 0.1) is 12.7 Å². The quantitative estimate of drug-likeness (QED) is 0.0394. The molecule has 0 aromatic carbocycles. The molecule has 0 amide bonds. The average Bonchev–Trinajstić information content (AvgIpc) is 4.06. The Morgan fingerprint density at radius 3 is 1.26 bits per heavy atom. The van der Waals surface area contributed by atoms with Crippen LogP contribution in [0.1, 0.15) is 83.1 Å². The topological polar surface area (TPSA) is 291 Å². The maximum atomic E-state index is 12.5. The molecule has 2 N–H and O–H groups in total. The third-order valence-corrected chi connectivity index (χ3v) is 7.81. The molecular weight excluding hydrogens is 880 g/mol. The first-order chi connectivity index (χ1) is 30.5. The highest BCUT2D eigenvalue weighted by molar-refractivity contribution is 5.89. The molecule has 22 heteroatoms. The van der Waals surface area contributed by atoms with Crippen molar-refractivity contribution in [2.75, 3.05) is 26.8 Å². The van der Waals surface area contributed by atoms with E-state index in [1.54, 1.807) is 27.7 Å². The van der Waals surface area contributed by atoms with Gasteiger partial charge in [-0.3, -0.25) is 0 Å². The van der Waals surface area contributed by atoms with Crippen LogP contribution in [0, 0.1) is 0 Å². The van der Waals surface area contributed by atoms with Crippen molar-refractivity contribution >= 4 is 47.8 Å². The maximum absolute atomic E-state index is 12.5. The van der Waals surface area contributed by atoms with E-state index in [4.69, 9.17) is 57.6 Å². The average molecular weight is 947 g/mol. The van der Waals surface area contributed by atoms with Crippen molar-refractivity contribution < 1.29 is 105 Å². The van der Waals surface area contributed by atoms with Crippen LogP contribution in [-0.4, -0.2) is 146 Å². The predicted octanol–water partition coefficient (Wildman–Crippen LogP) is 2.91. The van der Waals surface area contributed by atoms with E-state index >= 15 is 0 Å². The number of aliphatic hydroxyl groups excluding tert-OH is 1. The van der Waals surface area contributed by atoms with Crippen molar-refractivity contribution in [3.8, 4) is 0 Å². The number of aliphatic hydroxyl groups is 2. The molecule has 0 aromatic rings. The van der Waals surface area contributed by atoms with Gasteiger partial charge in [-0.15, -0.1) is 0 Å². The molecule has 0 saturated carbocycles. The number of hydrogen-bond acceptors (Lipinski definition) is 22. The van der Waals surface area contributed by atoms with E-state index < -0.39 is 111 Å². The van der Waals surface area contributed by atoms with Crippen molar-refractivity contribution in [1.29, 1.82) is 0 Å². The van der Waals surface area contributed by atoms with Crippen molar-refractivity contribution in [1.82, 2.24) is 0 Å². The molecule has 2 rings (SSSR count). The van der Waals surface area contributed by atoms with Gasteiger partial charge < -0.3 is 67.1 Å². The minimum atomic E-state index is -1.51.